The van der Waals surface area contributed by atoms with Gasteiger partial charge in [0.05, 0.1) is 12.1 Å². The first-order valence-corrected chi connectivity index (χ1v) is 11.3. The van der Waals surface area contributed by atoms with Gasteiger partial charge >= 0.3 is 0 Å². The number of rotatable bonds is 5. The van der Waals surface area contributed by atoms with E-state index in [-0.39, 0.29) is 17.2 Å². The molecule has 2 heterocycles. The van der Waals surface area contributed by atoms with Gasteiger partial charge in [-0.05, 0) is 43.4 Å². The minimum Gasteiger partial charge on any atom is -0.350 e. The number of nitrogens with zero attached hydrogens (tertiary/aromatic N) is 2. The fraction of sp³-hybridized carbons (Fsp3) is 0.296. The van der Waals surface area contributed by atoms with E-state index < -0.39 is 0 Å². The van der Waals surface area contributed by atoms with Gasteiger partial charge in [0, 0.05) is 29.5 Å². The summed E-state index contributed by atoms with van der Waals surface area (Å²) in [6, 6.07) is 21.6. The van der Waals surface area contributed by atoms with Crippen LogP contribution in [0.2, 0.25) is 0 Å². The van der Waals surface area contributed by atoms with Gasteiger partial charge < -0.3 is 10.2 Å². The van der Waals surface area contributed by atoms with Crippen LogP contribution >= 0.6 is 0 Å². The highest BCUT2D eigenvalue weighted by Crippen LogP contribution is 2.46. The van der Waals surface area contributed by atoms with Gasteiger partial charge in [0.2, 0.25) is 5.91 Å². The maximum atomic E-state index is 13.0. The van der Waals surface area contributed by atoms with Crippen molar-refractivity contribution in [3.8, 4) is 0 Å². The lowest BCUT2D eigenvalue weighted by Crippen LogP contribution is -2.50. The van der Waals surface area contributed by atoms with Gasteiger partial charge in [0.25, 0.3) is 5.91 Å². The van der Waals surface area contributed by atoms with Crippen molar-refractivity contribution in [3.63, 3.8) is 0 Å². The highest BCUT2D eigenvalue weighted by molar-refractivity contribution is 5.95. The second-order valence-electron chi connectivity index (χ2n) is 8.80. The fourth-order valence-corrected chi connectivity index (χ4v) is 5.03. The third-order valence-electron chi connectivity index (χ3n) is 6.75. The van der Waals surface area contributed by atoms with Crippen molar-refractivity contribution >= 4 is 22.7 Å². The topological polar surface area (TPSA) is 62.3 Å². The number of nitrogens with one attached hydrogen (secondary N) is 1. The third kappa shape index (κ3) is 3.91. The Morgan fingerprint density at radius 1 is 1.00 bits per heavy atom. The Morgan fingerprint density at radius 2 is 1.81 bits per heavy atom. The second kappa shape index (κ2) is 8.58. The first-order chi connectivity index (χ1) is 15.6. The molecule has 1 aliphatic heterocycles. The van der Waals surface area contributed by atoms with Crippen LogP contribution in [0.1, 0.15) is 48.2 Å². The Hall–Kier alpha value is -3.47. The van der Waals surface area contributed by atoms with Gasteiger partial charge in [-0.3, -0.25) is 9.59 Å². The molecule has 1 N–H and O–H groups in total. The number of hydrogen-bond donors (Lipinski definition) is 1. The lowest BCUT2D eigenvalue weighted by Gasteiger charge is -2.47. The van der Waals surface area contributed by atoms with E-state index in [0.717, 1.165) is 47.8 Å². The quantitative estimate of drug-likeness (QED) is 0.636. The number of fused-ring (bicyclic) bond motifs is 2. The van der Waals surface area contributed by atoms with Crippen LogP contribution in [-0.2, 0) is 11.3 Å². The molecule has 5 nitrogen and oxygen atoms in total. The highest BCUT2D eigenvalue weighted by Gasteiger charge is 2.44. The van der Waals surface area contributed by atoms with Crippen LogP contribution in [0.25, 0.3) is 10.9 Å². The molecule has 1 unspecified atom stereocenters. The Kier molecular flexibility index (Phi) is 5.48. The summed E-state index contributed by atoms with van der Waals surface area (Å²) in [6.45, 7) is 1.10. The largest absolute Gasteiger partial charge is 0.350 e. The fourth-order valence-electron chi connectivity index (χ4n) is 5.03. The molecule has 32 heavy (non-hydrogen) atoms. The normalized spacial score (nSPS) is 20.6. The maximum absolute atomic E-state index is 13.0. The SMILES string of the molecule is O=C(NCC12CCCC=C1N(Cc1ccccc1)C(=O)CC2)c1ccc2ccccc2n1. The van der Waals surface area contributed by atoms with Crippen LogP contribution in [0.5, 0.6) is 0 Å². The van der Waals surface area contributed by atoms with E-state index in [1.165, 1.54) is 0 Å². The van der Waals surface area contributed by atoms with Crippen molar-refractivity contribution < 1.29 is 9.59 Å². The Bertz CT molecular complexity index is 1190. The maximum Gasteiger partial charge on any atom is 0.269 e. The van der Waals surface area contributed by atoms with Crippen LogP contribution in [0.15, 0.2) is 78.5 Å². The molecule has 5 heteroatoms. The molecule has 162 valence electrons. The summed E-state index contributed by atoms with van der Waals surface area (Å²) in [6.07, 6.45) is 6.51. The molecular weight excluding hydrogens is 398 g/mol. The van der Waals surface area contributed by atoms with E-state index in [1.807, 2.05) is 53.4 Å². The number of pyridine rings is 1. The number of likely N-dealkylation sites (tertiary alicyclic amines) is 1. The monoisotopic (exact) mass is 425 g/mol. The third-order valence-corrected chi connectivity index (χ3v) is 6.75. The van der Waals surface area contributed by atoms with E-state index >= 15 is 0 Å². The summed E-state index contributed by atoms with van der Waals surface area (Å²) in [5.41, 5.74) is 3.24. The molecule has 1 saturated heterocycles. The van der Waals surface area contributed by atoms with Gasteiger partial charge in [-0.1, -0.05) is 60.7 Å². The zero-order valence-electron chi connectivity index (χ0n) is 18.1. The van der Waals surface area contributed by atoms with Crippen LogP contribution in [0, 0.1) is 5.41 Å². The van der Waals surface area contributed by atoms with Crippen molar-refractivity contribution in [2.75, 3.05) is 6.54 Å². The van der Waals surface area contributed by atoms with E-state index in [4.69, 9.17) is 0 Å². The highest BCUT2D eigenvalue weighted by atomic mass is 16.2. The molecule has 2 amide bonds. The predicted molar refractivity (Wildman–Crippen MR) is 125 cm³/mol. The van der Waals surface area contributed by atoms with Crippen molar-refractivity contribution in [2.45, 2.75) is 38.6 Å². The lowest BCUT2D eigenvalue weighted by molar-refractivity contribution is -0.134. The smallest absolute Gasteiger partial charge is 0.269 e. The molecule has 1 aliphatic carbocycles. The Labute approximate surface area is 188 Å². The number of para-hydroxylation sites is 1. The lowest BCUT2D eigenvalue weighted by atomic mass is 9.69. The van der Waals surface area contributed by atoms with E-state index in [9.17, 15) is 9.59 Å². The first-order valence-electron chi connectivity index (χ1n) is 11.3. The van der Waals surface area contributed by atoms with Gasteiger partial charge in [-0.25, -0.2) is 4.98 Å². The Morgan fingerprint density at radius 3 is 2.69 bits per heavy atom. The molecule has 0 radical (unpaired) electrons. The van der Waals surface area contributed by atoms with E-state index in [2.05, 4.69) is 28.5 Å². The summed E-state index contributed by atoms with van der Waals surface area (Å²) in [5.74, 6) is 0.00158. The number of benzene rings is 2. The van der Waals surface area contributed by atoms with Crippen molar-refractivity contribution in [1.29, 1.82) is 0 Å². The molecule has 2 aliphatic rings. The number of carbonyl (C=O) groups is 2. The molecule has 0 spiro atoms. The second-order valence-corrected chi connectivity index (χ2v) is 8.80. The minimum absolute atomic E-state index is 0.165. The van der Waals surface area contributed by atoms with E-state index in [0.29, 0.717) is 25.2 Å². The van der Waals surface area contributed by atoms with Crippen molar-refractivity contribution in [2.24, 2.45) is 5.41 Å². The number of aromatic nitrogens is 1. The minimum atomic E-state index is -0.201. The molecule has 0 bridgehead atoms. The number of piperidine rings is 1. The van der Waals surface area contributed by atoms with Crippen LogP contribution in [0.4, 0.5) is 0 Å². The van der Waals surface area contributed by atoms with E-state index in [1.54, 1.807) is 6.07 Å². The molecule has 2 aromatic carbocycles. The molecule has 0 saturated carbocycles. The molecule has 1 fully saturated rings. The summed E-state index contributed by atoms with van der Waals surface area (Å²) >= 11 is 0. The van der Waals surface area contributed by atoms with Crippen molar-refractivity contribution in [3.05, 3.63) is 89.8 Å². The summed E-state index contributed by atoms with van der Waals surface area (Å²) in [5, 5.41) is 4.16. The predicted octanol–water partition coefficient (Wildman–Crippen LogP) is 4.84. The van der Waals surface area contributed by atoms with Gasteiger partial charge in [0.1, 0.15) is 5.69 Å². The summed E-state index contributed by atoms with van der Waals surface area (Å²) in [7, 11) is 0. The van der Waals surface area contributed by atoms with Crippen LogP contribution in [0.3, 0.4) is 0 Å². The molecule has 3 aromatic rings. The summed E-state index contributed by atoms with van der Waals surface area (Å²) in [4.78, 5) is 32.3. The average Bonchev–Trinajstić information content (AvgIpc) is 2.85. The molecular formula is C27H27N3O2. The van der Waals surface area contributed by atoms with Crippen molar-refractivity contribution in [1.82, 2.24) is 15.2 Å². The average molecular weight is 426 g/mol. The van der Waals surface area contributed by atoms with Gasteiger partial charge in [0.15, 0.2) is 0 Å². The standard InChI is InChI=1S/C27H27N3O2/c31-25-15-17-27(16-7-6-12-24(27)30(25)18-20-8-2-1-3-9-20)19-28-26(32)23-14-13-21-10-4-5-11-22(21)29-23/h1-5,8-14H,6-7,15-19H2,(H,28,32). The number of carbonyl (C=O) groups excluding carboxylic acids is 2. The van der Waals surface area contributed by atoms with Gasteiger partial charge in [-0.15, -0.1) is 0 Å². The first kappa shape index (κ1) is 20.4. The number of hydrogen-bond acceptors (Lipinski definition) is 3. The van der Waals surface area contributed by atoms with Gasteiger partial charge in [-0.2, -0.15) is 0 Å². The Balaban J connectivity index is 1.36. The zero-order valence-corrected chi connectivity index (χ0v) is 18.1. The zero-order chi connectivity index (χ0) is 22.0. The molecule has 5 rings (SSSR count). The number of amides is 2. The number of allylic oxidation sites excluding steroid dienone is 1. The summed E-state index contributed by atoms with van der Waals surface area (Å²) < 4.78 is 0. The molecule has 1 atom stereocenters. The van der Waals surface area contributed by atoms with Crippen LogP contribution in [-0.4, -0.2) is 28.2 Å². The van der Waals surface area contributed by atoms with Crippen LogP contribution < -0.4 is 5.32 Å². The molecule has 1 aromatic heterocycles.